The molecule has 1 unspecified atom stereocenters. The van der Waals surface area contributed by atoms with Crippen LogP contribution in [0.2, 0.25) is 0 Å². The molecule has 2 amide bonds. The van der Waals surface area contributed by atoms with Gasteiger partial charge in [0.05, 0.1) is 12.2 Å². The molecule has 0 aliphatic rings. The quantitative estimate of drug-likeness (QED) is 0.635. The molecule has 0 aromatic heterocycles. The minimum atomic E-state index is -4.03. The fourth-order valence-electron chi connectivity index (χ4n) is 2.34. The van der Waals surface area contributed by atoms with E-state index in [2.05, 4.69) is 10.6 Å². The fourth-order valence-corrected chi connectivity index (χ4v) is 3.41. The van der Waals surface area contributed by atoms with Gasteiger partial charge in [0, 0.05) is 11.4 Å². The third kappa shape index (κ3) is 6.42. The van der Waals surface area contributed by atoms with Gasteiger partial charge < -0.3 is 15.4 Å². The maximum absolute atomic E-state index is 12.4. The molecule has 29 heavy (non-hydrogen) atoms. The van der Waals surface area contributed by atoms with E-state index in [0.717, 1.165) is 0 Å². The van der Waals surface area contributed by atoms with Crippen LogP contribution in [-0.2, 0) is 24.2 Å². The maximum atomic E-state index is 12.4. The number of ether oxygens (including phenoxy) is 1. The van der Waals surface area contributed by atoms with Gasteiger partial charge in [0.1, 0.15) is 11.0 Å². The van der Waals surface area contributed by atoms with Crippen molar-refractivity contribution in [1.82, 2.24) is 0 Å². The molecule has 0 saturated heterocycles. The van der Waals surface area contributed by atoms with Gasteiger partial charge in [-0.1, -0.05) is 18.2 Å². The Hall–Kier alpha value is -3.20. The zero-order valence-corrected chi connectivity index (χ0v) is 16.9. The highest BCUT2D eigenvalue weighted by Gasteiger charge is 2.30. The zero-order valence-electron chi connectivity index (χ0n) is 16.0. The molecule has 2 aromatic carbocycles. The van der Waals surface area contributed by atoms with Gasteiger partial charge in [0.25, 0.3) is 0 Å². The average Bonchev–Trinajstić information content (AvgIpc) is 2.68. The minimum absolute atomic E-state index is 0.241. The Bertz CT molecular complexity index is 972. The van der Waals surface area contributed by atoms with E-state index in [1.165, 1.54) is 31.2 Å². The van der Waals surface area contributed by atoms with Crippen LogP contribution in [0, 0.1) is 0 Å². The number of para-hydroxylation sites is 1. The number of hydrogen-bond donors (Lipinski definition) is 2. The summed E-state index contributed by atoms with van der Waals surface area (Å²) in [5, 5.41) is 3.51. The van der Waals surface area contributed by atoms with Crippen LogP contribution >= 0.6 is 0 Å². The van der Waals surface area contributed by atoms with Crippen molar-refractivity contribution < 1.29 is 27.5 Å². The Morgan fingerprint density at radius 1 is 0.931 bits per heavy atom. The van der Waals surface area contributed by atoms with Crippen molar-refractivity contribution >= 4 is 39.0 Å². The van der Waals surface area contributed by atoms with Crippen LogP contribution in [0.5, 0.6) is 0 Å². The second-order valence-electron chi connectivity index (χ2n) is 6.15. The van der Waals surface area contributed by atoms with Crippen LogP contribution < -0.4 is 10.6 Å². The van der Waals surface area contributed by atoms with Crippen LogP contribution in [-0.4, -0.2) is 43.8 Å². The lowest BCUT2D eigenvalue weighted by Gasteiger charge is -2.13. The average molecular weight is 418 g/mol. The van der Waals surface area contributed by atoms with E-state index in [1.807, 2.05) is 0 Å². The zero-order chi connectivity index (χ0) is 21.4. The standard InChI is InChI=1S/C20H22N2O6S/c1-3-28-20(25)15-9-11-17(12-10-15)22-19(24)14(2)29(26,27)13-18(23)21-16-7-5-4-6-8-16/h4-12,14H,3,13H2,1-2H3,(H,21,23)(H,22,24). The second kappa shape index (κ2) is 9.83. The number of esters is 1. The molecule has 2 aromatic rings. The number of carbonyl (C=O) groups is 3. The molecular weight excluding hydrogens is 396 g/mol. The van der Waals surface area contributed by atoms with E-state index in [4.69, 9.17) is 4.74 Å². The number of anilines is 2. The van der Waals surface area contributed by atoms with Gasteiger partial charge >= 0.3 is 5.97 Å². The van der Waals surface area contributed by atoms with Gasteiger partial charge in [-0.3, -0.25) is 9.59 Å². The highest BCUT2D eigenvalue weighted by Crippen LogP contribution is 2.13. The topological polar surface area (TPSA) is 119 Å². The van der Waals surface area contributed by atoms with Crippen molar-refractivity contribution in [2.24, 2.45) is 0 Å². The normalized spacial score (nSPS) is 11.9. The van der Waals surface area contributed by atoms with Gasteiger partial charge in [0.15, 0.2) is 9.84 Å². The highest BCUT2D eigenvalue weighted by molar-refractivity contribution is 7.93. The van der Waals surface area contributed by atoms with Crippen LogP contribution in [0.25, 0.3) is 0 Å². The fraction of sp³-hybridized carbons (Fsp3) is 0.250. The lowest BCUT2D eigenvalue weighted by molar-refractivity contribution is -0.115. The van der Waals surface area contributed by atoms with E-state index in [1.54, 1.807) is 37.3 Å². The van der Waals surface area contributed by atoms with E-state index >= 15 is 0 Å². The maximum Gasteiger partial charge on any atom is 0.338 e. The molecule has 0 spiro atoms. The molecule has 9 heteroatoms. The number of amides is 2. The third-order valence-electron chi connectivity index (χ3n) is 3.96. The SMILES string of the molecule is CCOC(=O)c1ccc(NC(=O)C(C)S(=O)(=O)CC(=O)Nc2ccccc2)cc1. The van der Waals surface area contributed by atoms with Crippen molar-refractivity contribution in [3.8, 4) is 0 Å². The van der Waals surface area contributed by atoms with Crippen LogP contribution in [0.15, 0.2) is 54.6 Å². The Morgan fingerprint density at radius 2 is 1.52 bits per heavy atom. The first kappa shape index (κ1) is 22.1. The van der Waals surface area contributed by atoms with E-state index in [-0.39, 0.29) is 6.61 Å². The molecule has 2 N–H and O–H groups in total. The first-order valence-electron chi connectivity index (χ1n) is 8.87. The molecule has 0 bridgehead atoms. The summed E-state index contributed by atoms with van der Waals surface area (Å²) in [6.45, 7) is 3.15. The lowest BCUT2D eigenvalue weighted by atomic mass is 10.2. The van der Waals surface area contributed by atoms with Crippen molar-refractivity contribution in [1.29, 1.82) is 0 Å². The smallest absolute Gasteiger partial charge is 0.338 e. The summed E-state index contributed by atoms with van der Waals surface area (Å²) in [7, 11) is -4.03. The number of carbonyl (C=O) groups excluding carboxylic acids is 3. The Labute approximate surface area is 169 Å². The predicted molar refractivity (Wildman–Crippen MR) is 109 cm³/mol. The summed E-state index contributed by atoms with van der Waals surface area (Å²) in [5.41, 5.74) is 1.09. The van der Waals surface area contributed by atoms with Gasteiger partial charge in [-0.2, -0.15) is 0 Å². The Morgan fingerprint density at radius 3 is 2.10 bits per heavy atom. The predicted octanol–water partition coefficient (Wildman–Crippen LogP) is 2.24. The first-order chi connectivity index (χ1) is 13.7. The number of hydrogen-bond acceptors (Lipinski definition) is 6. The molecule has 8 nitrogen and oxygen atoms in total. The second-order valence-corrected chi connectivity index (χ2v) is 8.47. The molecule has 1 atom stereocenters. The van der Waals surface area contributed by atoms with Crippen molar-refractivity contribution in [3.63, 3.8) is 0 Å². The first-order valence-corrected chi connectivity index (χ1v) is 10.6. The van der Waals surface area contributed by atoms with E-state index in [0.29, 0.717) is 16.9 Å². The number of benzene rings is 2. The highest BCUT2D eigenvalue weighted by atomic mass is 32.2. The van der Waals surface area contributed by atoms with E-state index in [9.17, 15) is 22.8 Å². The van der Waals surface area contributed by atoms with Crippen molar-refractivity contribution in [3.05, 3.63) is 60.2 Å². The van der Waals surface area contributed by atoms with Crippen LogP contribution in [0.4, 0.5) is 11.4 Å². The summed E-state index contributed by atoms with van der Waals surface area (Å²) in [4.78, 5) is 35.9. The Balaban J connectivity index is 1.97. The van der Waals surface area contributed by atoms with Crippen molar-refractivity contribution in [2.75, 3.05) is 23.0 Å². The molecule has 0 fully saturated rings. The molecule has 2 rings (SSSR count). The lowest BCUT2D eigenvalue weighted by Crippen LogP contribution is -2.37. The van der Waals surface area contributed by atoms with Crippen LogP contribution in [0.1, 0.15) is 24.2 Å². The number of sulfone groups is 1. The summed E-state index contributed by atoms with van der Waals surface area (Å²) in [5.74, 6) is -2.82. The molecule has 154 valence electrons. The van der Waals surface area contributed by atoms with Crippen LogP contribution in [0.3, 0.4) is 0 Å². The number of nitrogens with one attached hydrogen (secondary N) is 2. The van der Waals surface area contributed by atoms with Crippen molar-refractivity contribution in [2.45, 2.75) is 19.1 Å². The van der Waals surface area contributed by atoms with Gasteiger partial charge in [-0.15, -0.1) is 0 Å². The summed E-state index contributed by atoms with van der Waals surface area (Å²) >= 11 is 0. The molecule has 0 saturated carbocycles. The number of rotatable bonds is 8. The third-order valence-corrected chi connectivity index (χ3v) is 5.92. The minimum Gasteiger partial charge on any atom is -0.462 e. The molecule has 0 aliphatic heterocycles. The molecule has 0 radical (unpaired) electrons. The van der Waals surface area contributed by atoms with Gasteiger partial charge in [-0.25, -0.2) is 13.2 Å². The van der Waals surface area contributed by atoms with E-state index < -0.39 is 38.6 Å². The monoisotopic (exact) mass is 418 g/mol. The van der Waals surface area contributed by atoms with Gasteiger partial charge in [0.2, 0.25) is 11.8 Å². The Kier molecular flexibility index (Phi) is 7.49. The molecule has 0 aliphatic carbocycles. The summed E-state index contributed by atoms with van der Waals surface area (Å²) in [6.07, 6.45) is 0. The summed E-state index contributed by atoms with van der Waals surface area (Å²) in [6, 6.07) is 14.3. The largest absolute Gasteiger partial charge is 0.462 e. The summed E-state index contributed by atoms with van der Waals surface area (Å²) < 4.78 is 29.7. The molecule has 0 heterocycles. The molecular formula is C20H22N2O6S. The van der Waals surface area contributed by atoms with Gasteiger partial charge in [-0.05, 0) is 50.2 Å².